The van der Waals surface area contributed by atoms with Crippen molar-refractivity contribution in [2.75, 3.05) is 26.7 Å². The topological polar surface area (TPSA) is 76.5 Å². The lowest BCUT2D eigenvalue weighted by Gasteiger charge is -2.28. The van der Waals surface area contributed by atoms with Gasteiger partial charge in [-0.05, 0) is 55.1 Å². The second-order valence-electron chi connectivity index (χ2n) is 8.32. The molecule has 0 bridgehead atoms. The van der Waals surface area contributed by atoms with E-state index in [0.29, 0.717) is 16.8 Å². The average molecular weight is 495 g/mol. The molecule has 176 valence electrons. The van der Waals surface area contributed by atoms with Crippen molar-refractivity contribution in [2.45, 2.75) is 25.4 Å². The number of nitrogens with zero attached hydrogens (tertiary/aromatic N) is 3. The Labute approximate surface area is 205 Å². The maximum Gasteiger partial charge on any atom is 0.263 e. The van der Waals surface area contributed by atoms with E-state index < -0.39 is 0 Å². The van der Waals surface area contributed by atoms with Crippen molar-refractivity contribution in [1.29, 1.82) is 0 Å². The molecular weight excluding hydrogens is 468 g/mol. The van der Waals surface area contributed by atoms with E-state index in [1.807, 2.05) is 35.0 Å². The molecule has 0 aliphatic carbocycles. The SMILES string of the molecule is COc1ccc([C@H](CNC(=O)Cn2cnc3scc(-c4cccs4)c3c2=O)N2CCCC2)cc1. The third-order valence-corrected chi connectivity index (χ3v) is 8.03. The van der Waals surface area contributed by atoms with Crippen molar-refractivity contribution in [1.82, 2.24) is 19.8 Å². The third-order valence-electron chi connectivity index (χ3n) is 6.24. The van der Waals surface area contributed by atoms with Crippen LogP contribution in [0.25, 0.3) is 20.7 Å². The number of thiophene rings is 2. The smallest absolute Gasteiger partial charge is 0.263 e. The van der Waals surface area contributed by atoms with E-state index in [2.05, 4.69) is 27.3 Å². The Balaban J connectivity index is 1.32. The fourth-order valence-corrected chi connectivity index (χ4v) is 6.17. The summed E-state index contributed by atoms with van der Waals surface area (Å²) in [5.41, 5.74) is 1.84. The number of nitrogens with one attached hydrogen (secondary N) is 1. The highest BCUT2D eigenvalue weighted by molar-refractivity contribution is 7.18. The number of hydrogen-bond donors (Lipinski definition) is 1. The standard InChI is InChI=1S/C25H26N4O3S2/c1-32-18-8-6-17(7-9-18)20(28-10-2-3-11-28)13-26-22(30)14-29-16-27-24-23(25(29)31)19(15-34-24)21-5-4-12-33-21/h4-9,12,15-16,20H,2-3,10-11,13-14H2,1H3,(H,26,30)/t20-/m0/s1. The van der Waals surface area contributed by atoms with E-state index in [-0.39, 0.29) is 24.1 Å². The van der Waals surface area contributed by atoms with Gasteiger partial charge < -0.3 is 10.1 Å². The Hall–Kier alpha value is -3.01. The average Bonchev–Trinajstić information content (AvgIpc) is 3.63. The summed E-state index contributed by atoms with van der Waals surface area (Å²) in [6.07, 6.45) is 3.80. The van der Waals surface area contributed by atoms with Crippen molar-refractivity contribution < 1.29 is 9.53 Å². The summed E-state index contributed by atoms with van der Waals surface area (Å²) in [5.74, 6) is 0.611. The Morgan fingerprint density at radius 1 is 1.18 bits per heavy atom. The second-order valence-corrected chi connectivity index (χ2v) is 10.1. The van der Waals surface area contributed by atoms with Gasteiger partial charge >= 0.3 is 0 Å². The molecule has 3 aromatic heterocycles. The Morgan fingerprint density at radius 2 is 1.97 bits per heavy atom. The van der Waals surface area contributed by atoms with E-state index in [9.17, 15) is 9.59 Å². The summed E-state index contributed by atoms with van der Waals surface area (Å²) in [5, 5.41) is 7.58. The van der Waals surface area contributed by atoms with Crippen molar-refractivity contribution in [3.8, 4) is 16.2 Å². The van der Waals surface area contributed by atoms with Crippen molar-refractivity contribution in [3.05, 3.63) is 69.4 Å². The van der Waals surface area contributed by atoms with Gasteiger partial charge in [0, 0.05) is 22.4 Å². The molecule has 0 radical (unpaired) electrons. The number of aromatic nitrogens is 2. The molecule has 0 spiro atoms. The molecule has 1 atom stereocenters. The summed E-state index contributed by atoms with van der Waals surface area (Å²) in [4.78, 5) is 34.6. The molecule has 0 unspecified atom stereocenters. The number of carbonyl (C=O) groups is 1. The summed E-state index contributed by atoms with van der Waals surface area (Å²) < 4.78 is 6.69. The van der Waals surface area contributed by atoms with Crippen LogP contribution in [0.3, 0.4) is 0 Å². The van der Waals surface area contributed by atoms with Crippen LogP contribution >= 0.6 is 22.7 Å². The van der Waals surface area contributed by atoms with Gasteiger partial charge in [-0.1, -0.05) is 18.2 Å². The van der Waals surface area contributed by atoms with Crippen LogP contribution < -0.4 is 15.6 Å². The van der Waals surface area contributed by atoms with Crippen LogP contribution in [0.5, 0.6) is 5.75 Å². The number of carbonyl (C=O) groups excluding carboxylic acids is 1. The van der Waals surface area contributed by atoms with Crippen LogP contribution in [-0.4, -0.2) is 47.1 Å². The number of benzene rings is 1. The normalized spacial score (nSPS) is 15.0. The van der Waals surface area contributed by atoms with Crippen LogP contribution in [0.15, 0.2) is 58.3 Å². The molecule has 5 rings (SSSR count). The highest BCUT2D eigenvalue weighted by atomic mass is 32.1. The van der Waals surface area contributed by atoms with Gasteiger partial charge in [0.15, 0.2) is 0 Å². The van der Waals surface area contributed by atoms with Gasteiger partial charge in [0.05, 0.1) is 24.9 Å². The van der Waals surface area contributed by atoms with E-state index in [4.69, 9.17) is 4.74 Å². The van der Waals surface area contributed by atoms with Crippen LogP contribution in [0.2, 0.25) is 0 Å². The number of likely N-dealkylation sites (tertiary alicyclic amines) is 1. The molecule has 1 fully saturated rings. The minimum absolute atomic E-state index is 0.0587. The highest BCUT2D eigenvalue weighted by Crippen LogP contribution is 2.33. The molecule has 1 aliphatic rings. The molecule has 4 heterocycles. The minimum atomic E-state index is -0.200. The number of hydrogen-bond acceptors (Lipinski definition) is 7. The zero-order valence-corrected chi connectivity index (χ0v) is 20.5. The maximum absolute atomic E-state index is 13.2. The Kier molecular flexibility index (Phi) is 6.75. The lowest BCUT2D eigenvalue weighted by molar-refractivity contribution is -0.122. The molecule has 0 saturated carbocycles. The van der Waals surface area contributed by atoms with E-state index in [1.54, 1.807) is 18.4 Å². The number of ether oxygens (including phenoxy) is 1. The fraction of sp³-hybridized carbons (Fsp3) is 0.320. The first-order valence-corrected chi connectivity index (χ1v) is 13.0. The molecule has 1 N–H and O–H groups in total. The summed E-state index contributed by atoms with van der Waals surface area (Å²) in [6, 6.07) is 12.0. The Bertz CT molecular complexity index is 1320. The zero-order valence-electron chi connectivity index (χ0n) is 18.9. The van der Waals surface area contributed by atoms with E-state index in [0.717, 1.165) is 47.7 Å². The van der Waals surface area contributed by atoms with Gasteiger partial charge in [0.1, 0.15) is 17.1 Å². The largest absolute Gasteiger partial charge is 0.497 e. The summed E-state index contributed by atoms with van der Waals surface area (Å²) >= 11 is 3.04. The van der Waals surface area contributed by atoms with Gasteiger partial charge in [-0.2, -0.15) is 0 Å². The van der Waals surface area contributed by atoms with Gasteiger partial charge in [0.2, 0.25) is 5.91 Å². The number of fused-ring (bicyclic) bond motifs is 1. The van der Waals surface area contributed by atoms with E-state index in [1.165, 1.54) is 22.2 Å². The first-order valence-electron chi connectivity index (χ1n) is 11.3. The number of methoxy groups -OCH3 is 1. The van der Waals surface area contributed by atoms with Gasteiger partial charge in [-0.15, -0.1) is 22.7 Å². The quantitative estimate of drug-likeness (QED) is 0.398. The Morgan fingerprint density at radius 3 is 2.68 bits per heavy atom. The van der Waals surface area contributed by atoms with Crippen LogP contribution in [-0.2, 0) is 11.3 Å². The predicted molar refractivity (Wildman–Crippen MR) is 137 cm³/mol. The molecular formula is C25H26N4O3S2. The second kappa shape index (κ2) is 10.1. The van der Waals surface area contributed by atoms with Gasteiger partial charge in [0.25, 0.3) is 5.56 Å². The molecule has 1 aliphatic heterocycles. The van der Waals surface area contributed by atoms with Crippen LogP contribution in [0.4, 0.5) is 0 Å². The maximum atomic E-state index is 13.2. The third kappa shape index (κ3) is 4.64. The molecule has 1 saturated heterocycles. The van der Waals surface area contributed by atoms with Crippen molar-refractivity contribution in [2.24, 2.45) is 0 Å². The van der Waals surface area contributed by atoms with Crippen LogP contribution in [0.1, 0.15) is 24.4 Å². The lowest BCUT2D eigenvalue weighted by atomic mass is 10.1. The predicted octanol–water partition coefficient (Wildman–Crippen LogP) is 4.15. The first kappa shape index (κ1) is 22.8. The number of rotatable bonds is 8. The molecule has 7 nitrogen and oxygen atoms in total. The molecule has 4 aromatic rings. The lowest BCUT2D eigenvalue weighted by Crippen LogP contribution is -2.39. The molecule has 9 heteroatoms. The molecule has 1 amide bonds. The summed E-state index contributed by atoms with van der Waals surface area (Å²) in [7, 11) is 1.65. The number of amides is 1. The zero-order chi connectivity index (χ0) is 23.5. The van der Waals surface area contributed by atoms with Crippen LogP contribution in [0, 0.1) is 0 Å². The molecule has 34 heavy (non-hydrogen) atoms. The fourth-order valence-electron chi connectivity index (χ4n) is 4.45. The van der Waals surface area contributed by atoms with Crippen molar-refractivity contribution in [3.63, 3.8) is 0 Å². The van der Waals surface area contributed by atoms with Gasteiger partial charge in [-0.25, -0.2) is 4.98 Å². The van der Waals surface area contributed by atoms with Gasteiger partial charge in [-0.3, -0.25) is 19.1 Å². The van der Waals surface area contributed by atoms with E-state index >= 15 is 0 Å². The highest BCUT2D eigenvalue weighted by Gasteiger charge is 2.24. The molecule has 1 aromatic carbocycles. The van der Waals surface area contributed by atoms with Crippen molar-refractivity contribution >= 4 is 38.8 Å². The first-order chi connectivity index (χ1) is 16.6. The minimum Gasteiger partial charge on any atom is -0.497 e. The monoisotopic (exact) mass is 494 g/mol. The summed E-state index contributed by atoms with van der Waals surface area (Å²) in [6.45, 7) is 2.44.